The molecule has 0 atom stereocenters. The van der Waals surface area contributed by atoms with Crippen molar-refractivity contribution in [3.05, 3.63) is 54.1 Å². The summed E-state index contributed by atoms with van der Waals surface area (Å²) in [5.41, 5.74) is -0.382. The second kappa shape index (κ2) is 6.30. The van der Waals surface area contributed by atoms with E-state index in [4.69, 9.17) is 11.6 Å². The van der Waals surface area contributed by atoms with Crippen LogP contribution in [0.1, 0.15) is 11.4 Å². The fourth-order valence-corrected chi connectivity index (χ4v) is 1.15. The highest BCUT2D eigenvalue weighted by Crippen LogP contribution is 2.28. The molecule has 0 aliphatic carbocycles. The highest BCUT2D eigenvalue weighted by Gasteiger charge is 2.31. The topological polar surface area (TPSA) is 28.7 Å². The Kier molecular flexibility index (Phi) is 5.03. The summed E-state index contributed by atoms with van der Waals surface area (Å²) in [5, 5.41) is 0. The number of hydrogen-bond acceptors (Lipinski definition) is 1. The normalized spacial score (nSPS) is 10.6. The third-order valence-electron chi connectivity index (χ3n) is 1.76. The van der Waals surface area contributed by atoms with E-state index in [2.05, 4.69) is 9.97 Å². The second-order valence-corrected chi connectivity index (χ2v) is 3.32. The Morgan fingerprint density at radius 1 is 1.12 bits per heavy atom. The standard InChI is InChI=1S/C6H5ClF3N.C5H5N/c7-3-4-1-2-5(11-4)6(8,9)10;1-2-4-6-5-3-1/h1-2,11H,3H2;1-5H. The molecule has 6 heteroatoms. The van der Waals surface area contributed by atoms with Crippen LogP contribution in [0.15, 0.2) is 42.7 Å². The van der Waals surface area contributed by atoms with Crippen LogP contribution in [-0.4, -0.2) is 9.97 Å². The van der Waals surface area contributed by atoms with Gasteiger partial charge in [0.2, 0.25) is 0 Å². The summed E-state index contributed by atoms with van der Waals surface area (Å²) < 4.78 is 35.6. The highest BCUT2D eigenvalue weighted by atomic mass is 35.5. The largest absolute Gasteiger partial charge is 0.431 e. The lowest BCUT2D eigenvalue weighted by Crippen LogP contribution is -2.04. The first-order valence-electron chi connectivity index (χ1n) is 4.70. The first-order chi connectivity index (χ1) is 8.04. The summed E-state index contributed by atoms with van der Waals surface area (Å²) in [5.74, 6) is 0.0656. The molecule has 1 N–H and O–H groups in total. The maximum Gasteiger partial charge on any atom is 0.431 e. The first kappa shape index (κ1) is 13.6. The molecule has 2 aromatic rings. The maximum absolute atomic E-state index is 11.9. The molecular formula is C11H10ClF3N2. The fourth-order valence-electron chi connectivity index (χ4n) is 0.996. The molecule has 0 aliphatic heterocycles. The summed E-state index contributed by atoms with van der Waals surface area (Å²) in [6, 6.07) is 8.00. The number of alkyl halides is 4. The van der Waals surface area contributed by atoms with Crippen LogP contribution in [0.3, 0.4) is 0 Å². The fraction of sp³-hybridized carbons (Fsp3) is 0.182. The number of aromatic amines is 1. The molecule has 0 fully saturated rings. The zero-order valence-corrected chi connectivity index (χ0v) is 9.46. The van der Waals surface area contributed by atoms with Crippen LogP contribution in [0.4, 0.5) is 13.2 Å². The van der Waals surface area contributed by atoms with Crippen molar-refractivity contribution >= 4 is 11.6 Å². The number of pyridine rings is 1. The quantitative estimate of drug-likeness (QED) is 0.777. The minimum Gasteiger partial charge on any atom is -0.354 e. The number of nitrogens with zero attached hydrogens (tertiary/aromatic N) is 1. The van der Waals surface area contributed by atoms with Crippen LogP contribution in [0, 0.1) is 0 Å². The van der Waals surface area contributed by atoms with Crippen molar-refractivity contribution in [2.24, 2.45) is 0 Å². The van der Waals surface area contributed by atoms with Gasteiger partial charge in [0.25, 0.3) is 0 Å². The lowest BCUT2D eigenvalue weighted by Gasteiger charge is -2.01. The van der Waals surface area contributed by atoms with Crippen molar-refractivity contribution in [2.75, 3.05) is 0 Å². The molecule has 2 rings (SSSR count). The molecule has 2 aromatic heterocycles. The lowest BCUT2D eigenvalue weighted by molar-refractivity contribution is -0.140. The molecule has 0 aromatic carbocycles. The Balaban J connectivity index is 0.000000202. The number of halogens is 4. The van der Waals surface area contributed by atoms with Crippen LogP contribution < -0.4 is 0 Å². The smallest absolute Gasteiger partial charge is 0.354 e. The summed E-state index contributed by atoms with van der Waals surface area (Å²) >= 11 is 5.29. The summed E-state index contributed by atoms with van der Waals surface area (Å²) in [7, 11) is 0. The van der Waals surface area contributed by atoms with Crippen molar-refractivity contribution in [3.63, 3.8) is 0 Å². The Morgan fingerprint density at radius 2 is 1.76 bits per heavy atom. The highest BCUT2D eigenvalue weighted by molar-refractivity contribution is 6.16. The predicted octanol–water partition coefficient (Wildman–Crippen LogP) is 3.85. The van der Waals surface area contributed by atoms with E-state index in [1.807, 2.05) is 18.2 Å². The SMILES string of the molecule is FC(F)(F)c1ccc(CCl)[nH]1.c1ccncc1. The number of aromatic nitrogens is 2. The summed E-state index contributed by atoms with van der Waals surface area (Å²) in [4.78, 5) is 5.93. The van der Waals surface area contributed by atoms with E-state index < -0.39 is 11.9 Å². The lowest BCUT2D eigenvalue weighted by atomic mass is 10.4. The molecule has 2 heterocycles. The monoisotopic (exact) mass is 262 g/mol. The Morgan fingerprint density at radius 3 is 2.00 bits per heavy atom. The summed E-state index contributed by atoms with van der Waals surface area (Å²) in [6.45, 7) is 0. The van der Waals surface area contributed by atoms with Gasteiger partial charge in [0, 0.05) is 18.1 Å². The van der Waals surface area contributed by atoms with Gasteiger partial charge in [-0.3, -0.25) is 4.98 Å². The molecule has 92 valence electrons. The van der Waals surface area contributed by atoms with Gasteiger partial charge < -0.3 is 4.98 Å². The molecule has 0 saturated carbocycles. The van der Waals surface area contributed by atoms with E-state index in [1.165, 1.54) is 6.07 Å². The minimum atomic E-state index is -4.30. The van der Waals surface area contributed by atoms with E-state index >= 15 is 0 Å². The minimum absolute atomic E-state index is 0.0656. The maximum atomic E-state index is 11.9. The van der Waals surface area contributed by atoms with Crippen molar-refractivity contribution in [1.29, 1.82) is 0 Å². The third-order valence-corrected chi connectivity index (χ3v) is 2.05. The average molecular weight is 263 g/mol. The van der Waals surface area contributed by atoms with Gasteiger partial charge >= 0.3 is 6.18 Å². The van der Waals surface area contributed by atoms with Crippen molar-refractivity contribution in [2.45, 2.75) is 12.1 Å². The van der Waals surface area contributed by atoms with E-state index in [0.717, 1.165) is 6.07 Å². The van der Waals surface area contributed by atoms with E-state index in [0.29, 0.717) is 5.69 Å². The number of rotatable bonds is 1. The Hall–Kier alpha value is -1.49. The van der Waals surface area contributed by atoms with Gasteiger partial charge in [-0.25, -0.2) is 0 Å². The van der Waals surface area contributed by atoms with Gasteiger partial charge in [-0.05, 0) is 24.3 Å². The van der Waals surface area contributed by atoms with Crippen LogP contribution in [-0.2, 0) is 12.1 Å². The Bertz CT molecular complexity index is 399. The molecule has 0 amide bonds. The van der Waals surface area contributed by atoms with Gasteiger partial charge in [-0.2, -0.15) is 13.2 Å². The molecule has 0 radical (unpaired) electrons. The van der Waals surface area contributed by atoms with Crippen LogP contribution >= 0.6 is 11.6 Å². The van der Waals surface area contributed by atoms with Gasteiger partial charge in [0.05, 0.1) is 5.88 Å². The predicted molar refractivity (Wildman–Crippen MR) is 59.6 cm³/mol. The zero-order valence-electron chi connectivity index (χ0n) is 8.71. The van der Waals surface area contributed by atoms with E-state index in [1.54, 1.807) is 12.4 Å². The van der Waals surface area contributed by atoms with Crippen LogP contribution in [0.25, 0.3) is 0 Å². The zero-order chi connectivity index (χ0) is 12.7. The number of H-pyrrole nitrogens is 1. The summed E-state index contributed by atoms with van der Waals surface area (Å²) in [6.07, 6.45) is -0.801. The second-order valence-electron chi connectivity index (χ2n) is 3.05. The Labute approximate surface area is 101 Å². The van der Waals surface area contributed by atoms with Gasteiger partial charge in [-0.15, -0.1) is 11.6 Å². The first-order valence-corrected chi connectivity index (χ1v) is 5.23. The van der Waals surface area contributed by atoms with Gasteiger partial charge in [-0.1, -0.05) is 6.07 Å². The van der Waals surface area contributed by atoms with Crippen molar-refractivity contribution in [3.8, 4) is 0 Å². The van der Waals surface area contributed by atoms with Crippen LogP contribution in [0.2, 0.25) is 0 Å². The molecule has 17 heavy (non-hydrogen) atoms. The number of nitrogens with one attached hydrogen (secondary N) is 1. The van der Waals surface area contributed by atoms with Gasteiger partial charge in [0.1, 0.15) is 5.69 Å². The van der Waals surface area contributed by atoms with Crippen molar-refractivity contribution < 1.29 is 13.2 Å². The van der Waals surface area contributed by atoms with E-state index in [9.17, 15) is 13.2 Å². The average Bonchev–Trinajstić information content (AvgIpc) is 2.80. The number of hydrogen-bond donors (Lipinski definition) is 1. The third kappa shape index (κ3) is 4.91. The molecule has 2 nitrogen and oxygen atoms in total. The van der Waals surface area contributed by atoms with E-state index in [-0.39, 0.29) is 5.88 Å². The molecule has 0 saturated heterocycles. The molecule has 0 unspecified atom stereocenters. The molecular weight excluding hydrogens is 253 g/mol. The van der Waals surface area contributed by atoms with Crippen molar-refractivity contribution in [1.82, 2.24) is 9.97 Å². The molecule has 0 aliphatic rings. The van der Waals surface area contributed by atoms with Gasteiger partial charge in [0.15, 0.2) is 0 Å². The van der Waals surface area contributed by atoms with Crippen LogP contribution in [0.5, 0.6) is 0 Å². The molecule has 0 spiro atoms. The molecule has 0 bridgehead atoms.